The predicted molar refractivity (Wildman–Crippen MR) is 153 cm³/mol. The SMILES string of the molecule is C=CCCOC(=O)[C@H]1[C@H]2C(=O)N(CCCCCO)C(C(=O)N(CC=C)Cc3ccccc3)C23CC(Br)[C@@H]1S3. The second-order valence-corrected chi connectivity index (χ2v) is 12.9. The molecule has 6 atom stereocenters. The van der Waals surface area contributed by atoms with E-state index in [1.54, 1.807) is 33.7 Å². The van der Waals surface area contributed by atoms with E-state index in [2.05, 4.69) is 29.1 Å². The smallest absolute Gasteiger partial charge is 0.310 e. The largest absolute Gasteiger partial charge is 0.465 e. The summed E-state index contributed by atoms with van der Waals surface area (Å²) in [4.78, 5) is 45.3. The van der Waals surface area contributed by atoms with Gasteiger partial charge in [-0.05, 0) is 37.7 Å². The third kappa shape index (κ3) is 5.47. The number of likely N-dealkylation sites (tertiary alicyclic amines) is 1. The molecule has 4 rings (SSSR count). The first-order chi connectivity index (χ1) is 18.4. The minimum absolute atomic E-state index is 0.000112. The molecule has 3 fully saturated rings. The van der Waals surface area contributed by atoms with Crippen LogP contribution < -0.4 is 0 Å². The third-order valence-electron chi connectivity index (χ3n) is 7.80. The van der Waals surface area contributed by atoms with E-state index >= 15 is 0 Å². The van der Waals surface area contributed by atoms with E-state index in [0.29, 0.717) is 45.3 Å². The molecule has 0 radical (unpaired) electrons. The fraction of sp³-hybridized carbons (Fsp3) is 0.552. The number of fused-ring (bicyclic) bond motifs is 1. The number of rotatable bonds is 14. The second kappa shape index (κ2) is 12.8. The van der Waals surface area contributed by atoms with Gasteiger partial charge in [-0.1, -0.05) is 58.4 Å². The second-order valence-electron chi connectivity index (χ2n) is 10.2. The van der Waals surface area contributed by atoms with E-state index < -0.39 is 22.6 Å². The molecular formula is C29H37BrN2O5S. The van der Waals surface area contributed by atoms with Gasteiger partial charge in [0.15, 0.2) is 0 Å². The van der Waals surface area contributed by atoms with Gasteiger partial charge < -0.3 is 19.6 Å². The third-order valence-corrected chi connectivity index (χ3v) is 11.0. The summed E-state index contributed by atoms with van der Waals surface area (Å²) >= 11 is 5.40. The van der Waals surface area contributed by atoms with Crippen molar-refractivity contribution in [2.75, 3.05) is 26.3 Å². The van der Waals surface area contributed by atoms with Gasteiger partial charge in [0.1, 0.15) is 6.04 Å². The molecule has 3 unspecified atom stereocenters. The highest BCUT2D eigenvalue weighted by molar-refractivity contribution is 9.09. The van der Waals surface area contributed by atoms with Crippen molar-refractivity contribution in [1.29, 1.82) is 0 Å². The fourth-order valence-corrected chi connectivity index (χ4v) is 9.79. The quantitative estimate of drug-likeness (QED) is 0.150. The number of thioether (sulfide) groups is 1. The summed E-state index contributed by atoms with van der Waals surface area (Å²) in [6.45, 7) is 9.06. The molecule has 206 valence electrons. The highest BCUT2D eigenvalue weighted by Crippen LogP contribution is 2.68. The van der Waals surface area contributed by atoms with Crippen molar-refractivity contribution in [2.24, 2.45) is 11.8 Å². The average molecular weight is 606 g/mol. The number of hydrogen-bond donors (Lipinski definition) is 1. The summed E-state index contributed by atoms with van der Waals surface area (Å²) < 4.78 is 4.87. The minimum Gasteiger partial charge on any atom is -0.465 e. The molecule has 0 saturated carbocycles. The maximum absolute atomic E-state index is 14.4. The van der Waals surface area contributed by atoms with Crippen molar-refractivity contribution in [3.8, 4) is 0 Å². The number of aliphatic hydroxyl groups excluding tert-OH is 1. The number of hydrogen-bond acceptors (Lipinski definition) is 6. The summed E-state index contributed by atoms with van der Waals surface area (Å²) in [6.07, 6.45) is 6.66. The first-order valence-electron chi connectivity index (χ1n) is 13.3. The zero-order chi connectivity index (χ0) is 27.3. The first-order valence-corrected chi connectivity index (χ1v) is 15.1. The standard InChI is InChI=1S/C29H37BrN2O5S/c1-3-5-17-37-28(36)22-23-26(34)32(15-10-7-11-16-33)25(29(23)18-21(30)24(22)38-29)27(35)31(14-4-2)19-20-12-8-6-9-13-20/h3-4,6,8-9,12-13,21-25,33H,1-2,5,7,10-11,14-19H2/t21?,22-,23-,24-,25?,29?/m0/s1. The van der Waals surface area contributed by atoms with Gasteiger partial charge >= 0.3 is 5.97 Å². The van der Waals surface area contributed by atoms with E-state index in [1.165, 1.54) is 0 Å². The molecule has 1 spiro atoms. The van der Waals surface area contributed by atoms with E-state index in [0.717, 1.165) is 12.0 Å². The molecule has 1 aromatic carbocycles. The average Bonchev–Trinajstić information content (AvgIpc) is 3.50. The van der Waals surface area contributed by atoms with Crippen molar-refractivity contribution in [3.05, 3.63) is 61.2 Å². The lowest BCUT2D eigenvalue weighted by Crippen LogP contribution is -2.55. The van der Waals surface area contributed by atoms with Crippen LogP contribution in [0.5, 0.6) is 0 Å². The Morgan fingerprint density at radius 1 is 1.21 bits per heavy atom. The fourth-order valence-electron chi connectivity index (χ4n) is 6.19. The number of benzene rings is 1. The number of carbonyl (C=O) groups is 3. The molecule has 0 aliphatic carbocycles. The zero-order valence-corrected chi connectivity index (χ0v) is 24.1. The van der Waals surface area contributed by atoms with Gasteiger partial charge in [-0.25, -0.2) is 0 Å². The van der Waals surface area contributed by atoms with Gasteiger partial charge in [-0.3, -0.25) is 14.4 Å². The van der Waals surface area contributed by atoms with Crippen LogP contribution in [0.2, 0.25) is 0 Å². The van der Waals surface area contributed by atoms with E-state index in [-0.39, 0.29) is 41.1 Å². The summed E-state index contributed by atoms with van der Waals surface area (Å²) in [5, 5.41) is 9.10. The summed E-state index contributed by atoms with van der Waals surface area (Å²) in [7, 11) is 0. The predicted octanol–water partition coefficient (Wildman–Crippen LogP) is 3.95. The van der Waals surface area contributed by atoms with Crippen molar-refractivity contribution in [3.63, 3.8) is 0 Å². The number of unbranched alkanes of at least 4 members (excludes halogenated alkanes) is 2. The van der Waals surface area contributed by atoms with Crippen LogP contribution in [0.3, 0.4) is 0 Å². The van der Waals surface area contributed by atoms with E-state index in [9.17, 15) is 19.5 Å². The molecule has 3 aliphatic rings. The minimum atomic E-state index is -0.706. The molecule has 1 N–H and O–H groups in total. The normalized spacial score (nSPS) is 29.3. The molecule has 2 amide bonds. The van der Waals surface area contributed by atoms with Crippen molar-refractivity contribution >= 4 is 45.5 Å². The Hall–Kier alpha value is -2.10. The number of aliphatic hydroxyl groups is 1. The monoisotopic (exact) mass is 604 g/mol. The molecule has 3 aliphatic heterocycles. The number of amides is 2. The van der Waals surface area contributed by atoms with Gasteiger partial charge in [0.2, 0.25) is 11.8 Å². The summed E-state index contributed by atoms with van der Waals surface area (Å²) in [5.41, 5.74) is 1.00. The summed E-state index contributed by atoms with van der Waals surface area (Å²) in [6, 6.07) is 9.11. The molecule has 7 nitrogen and oxygen atoms in total. The van der Waals surface area contributed by atoms with Crippen LogP contribution in [0.4, 0.5) is 0 Å². The molecule has 3 heterocycles. The van der Waals surface area contributed by atoms with Gasteiger partial charge in [-0.15, -0.1) is 24.9 Å². The van der Waals surface area contributed by atoms with Crippen LogP contribution in [0.25, 0.3) is 0 Å². The Balaban J connectivity index is 1.68. The first kappa shape index (κ1) is 28.9. The number of ether oxygens (including phenoxy) is 1. The van der Waals surface area contributed by atoms with Gasteiger partial charge in [0, 0.05) is 36.3 Å². The number of alkyl halides is 1. The van der Waals surface area contributed by atoms with Gasteiger partial charge in [0.05, 0.1) is 23.2 Å². The van der Waals surface area contributed by atoms with Crippen LogP contribution in [0.1, 0.15) is 37.7 Å². The van der Waals surface area contributed by atoms with Crippen LogP contribution >= 0.6 is 27.7 Å². The Morgan fingerprint density at radius 3 is 2.66 bits per heavy atom. The van der Waals surface area contributed by atoms with Crippen LogP contribution in [0, 0.1) is 11.8 Å². The highest BCUT2D eigenvalue weighted by Gasteiger charge is 2.76. The summed E-state index contributed by atoms with van der Waals surface area (Å²) in [5.74, 6) is -1.81. The molecule has 38 heavy (non-hydrogen) atoms. The van der Waals surface area contributed by atoms with Crippen molar-refractivity contribution in [2.45, 2.75) is 59.5 Å². The van der Waals surface area contributed by atoms with E-state index in [4.69, 9.17) is 4.74 Å². The molecule has 3 saturated heterocycles. The van der Waals surface area contributed by atoms with Crippen molar-refractivity contribution < 1.29 is 24.2 Å². The number of halogens is 1. The molecule has 2 bridgehead atoms. The Kier molecular flexibility index (Phi) is 9.76. The lowest BCUT2D eigenvalue weighted by Gasteiger charge is -2.38. The van der Waals surface area contributed by atoms with E-state index in [1.807, 2.05) is 30.3 Å². The van der Waals surface area contributed by atoms with Gasteiger partial charge in [-0.2, -0.15) is 0 Å². The molecule has 1 aromatic rings. The Labute approximate surface area is 237 Å². The molecular weight excluding hydrogens is 568 g/mol. The lowest BCUT2D eigenvalue weighted by molar-refractivity contribution is -0.154. The Morgan fingerprint density at radius 2 is 1.97 bits per heavy atom. The zero-order valence-electron chi connectivity index (χ0n) is 21.7. The number of nitrogens with zero attached hydrogens (tertiary/aromatic N) is 2. The van der Waals surface area contributed by atoms with Crippen LogP contribution in [0.15, 0.2) is 55.6 Å². The van der Waals surface area contributed by atoms with Crippen LogP contribution in [-0.4, -0.2) is 79.9 Å². The number of carbonyl (C=O) groups excluding carboxylic acids is 3. The van der Waals surface area contributed by atoms with Crippen molar-refractivity contribution in [1.82, 2.24) is 9.80 Å². The molecule has 9 heteroatoms. The molecule has 0 aromatic heterocycles. The maximum atomic E-state index is 14.4. The highest BCUT2D eigenvalue weighted by atomic mass is 79.9. The number of esters is 1. The van der Waals surface area contributed by atoms with Gasteiger partial charge in [0.25, 0.3) is 0 Å². The van der Waals surface area contributed by atoms with Crippen LogP contribution in [-0.2, 0) is 25.7 Å². The lowest BCUT2D eigenvalue weighted by atomic mass is 9.71. The maximum Gasteiger partial charge on any atom is 0.310 e. The Bertz CT molecular complexity index is 1040. The topological polar surface area (TPSA) is 87.1 Å².